The van der Waals surface area contributed by atoms with Crippen LogP contribution in [0.3, 0.4) is 0 Å². The summed E-state index contributed by atoms with van der Waals surface area (Å²) < 4.78 is 8.44. The highest BCUT2D eigenvalue weighted by Gasteiger charge is 2.23. The van der Waals surface area contributed by atoms with Gasteiger partial charge in [0.1, 0.15) is 9.71 Å². The highest BCUT2D eigenvalue weighted by Crippen LogP contribution is 2.37. The first kappa shape index (κ1) is 14.5. The molecule has 0 fully saturated rings. The molecular weight excluding hydrogens is 324 g/mol. The van der Waals surface area contributed by atoms with E-state index in [1.165, 1.54) is 23.8 Å². The molecule has 0 saturated heterocycles. The summed E-state index contributed by atoms with van der Waals surface area (Å²) in [6.07, 6.45) is 1.66. The van der Waals surface area contributed by atoms with Crippen molar-refractivity contribution < 1.29 is 14.3 Å². The number of anilines is 1. The van der Waals surface area contributed by atoms with Crippen molar-refractivity contribution in [2.24, 2.45) is 0 Å². The Morgan fingerprint density at radius 2 is 2.18 bits per heavy atom. The van der Waals surface area contributed by atoms with E-state index in [4.69, 9.17) is 4.74 Å². The van der Waals surface area contributed by atoms with Gasteiger partial charge in [-0.25, -0.2) is 9.78 Å². The Hall–Kier alpha value is -2.39. The van der Waals surface area contributed by atoms with Gasteiger partial charge in [-0.1, -0.05) is 4.49 Å². The minimum Gasteiger partial charge on any atom is -0.465 e. The molecule has 3 rings (SSSR count). The number of rotatable bonds is 3. The van der Waals surface area contributed by atoms with Crippen molar-refractivity contribution in [3.8, 4) is 0 Å². The van der Waals surface area contributed by atoms with Gasteiger partial charge in [-0.15, -0.1) is 16.4 Å². The fraction of sp³-hybridized carbons (Fsp3) is 0.154. The predicted molar refractivity (Wildman–Crippen MR) is 83.6 cm³/mol. The van der Waals surface area contributed by atoms with E-state index in [1.54, 1.807) is 6.20 Å². The third-order valence-corrected chi connectivity index (χ3v) is 4.58. The number of fused-ring (bicyclic) bond motifs is 1. The Balaban J connectivity index is 2.13. The molecule has 0 aliphatic rings. The fourth-order valence-corrected chi connectivity index (χ4v) is 3.50. The second-order valence-corrected chi connectivity index (χ2v) is 5.96. The molecule has 0 atom stereocenters. The van der Waals surface area contributed by atoms with Crippen molar-refractivity contribution in [2.45, 2.75) is 6.92 Å². The summed E-state index contributed by atoms with van der Waals surface area (Å²) in [4.78, 5) is 29.4. The molecular formula is C13H10N4O3S2. The second kappa shape index (κ2) is 5.78. The van der Waals surface area contributed by atoms with Gasteiger partial charge in [-0.3, -0.25) is 4.79 Å². The first-order valence-corrected chi connectivity index (χ1v) is 7.82. The van der Waals surface area contributed by atoms with Crippen LogP contribution in [0.5, 0.6) is 0 Å². The molecule has 0 bridgehead atoms. The minimum atomic E-state index is -0.519. The van der Waals surface area contributed by atoms with Crippen LogP contribution in [0.15, 0.2) is 17.6 Å². The number of carbonyl (C=O) groups is 2. The summed E-state index contributed by atoms with van der Waals surface area (Å²) in [6, 6.07) is 1.82. The molecule has 9 heteroatoms. The van der Waals surface area contributed by atoms with E-state index >= 15 is 0 Å². The fourth-order valence-electron chi connectivity index (χ4n) is 1.97. The number of nitrogens with one attached hydrogen (secondary N) is 1. The Labute approximate surface area is 133 Å². The van der Waals surface area contributed by atoms with Crippen molar-refractivity contribution in [1.82, 2.24) is 14.6 Å². The number of hydrogen-bond donors (Lipinski definition) is 1. The maximum atomic E-state index is 12.2. The molecule has 1 N–H and O–H groups in total. The summed E-state index contributed by atoms with van der Waals surface area (Å²) in [5, 5.41) is 8.71. The van der Waals surface area contributed by atoms with Gasteiger partial charge in [0, 0.05) is 17.0 Å². The van der Waals surface area contributed by atoms with Crippen LogP contribution in [-0.2, 0) is 4.74 Å². The summed E-state index contributed by atoms with van der Waals surface area (Å²) in [5.74, 6) is -0.948. The highest BCUT2D eigenvalue weighted by molar-refractivity contribution is 7.21. The van der Waals surface area contributed by atoms with E-state index in [2.05, 4.69) is 19.9 Å². The highest BCUT2D eigenvalue weighted by atomic mass is 32.1. The number of nitrogens with zero attached hydrogens (tertiary/aromatic N) is 3. The van der Waals surface area contributed by atoms with Gasteiger partial charge in [0.15, 0.2) is 5.69 Å². The average Bonchev–Trinajstić information content (AvgIpc) is 3.15. The van der Waals surface area contributed by atoms with E-state index in [1.807, 2.05) is 13.0 Å². The number of aromatic nitrogens is 3. The lowest BCUT2D eigenvalue weighted by Gasteiger charge is -2.06. The van der Waals surface area contributed by atoms with Crippen LogP contribution in [0.25, 0.3) is 10.2 Å². The zero-order valence-corrected chi connectivity index (χ0v) is 13.2. The third-order valence-electron chi connectivity index (χ3n) is 3.00. The largest absolute Gasteiger partial charge is 0.465 e. The van der Waals surface area contributed by atoms with Crippen LogP contribution in [0, 0.1) is 6.92 Å². The SMILES string of the molecule is COC(=O)c1sc2nccc(C)c2c1NC(=O)c1csnn1. The molecule has 3 aromatic heterocycles. The molecule has 112 valence electrons. The molecule has 1 amide bonds. The standard InChI is InChI=1S/C13H10N4O3S2/c1-6-3-4-14-12-8(6)9(10(22-12)13(19)20-2)15-11(18)7-5-21-17-16-7/h3-5H,1-2H3,(H,15,18). The smallest absolute Gasteiger partial charge is 0.350 e. The summed E-state index contributed by atoms with van der Waals surface area (Å²) in [6.45, 7) is 1.89. The van der Waals surface area contributed by atoms with Crippen LogP contribution in [0.4, 0.5) is 5.69 Å². The summed E-state index contributed by atoms with van der Waals surface area (Å²) in [5.41, 5.74) is 1.50. The molecule has 0 aromatic carbocycles. The predicted octanol–water partition coefficient (Wildman–Crippen LogP) is 2.50. The average molecular weight is 334 g/mol. The summed E-state index contributed by atoms with van der Waals surface area (Å²) >= 11 is 2.26. The van der Waals surface area contributed by atoms with Gasteiger partial charge >= 0.3 is 5.97 Å². The van der Waals surface area contributed by atoms with Crippen LogP contribution in [0.1, 0.15) is 25.7 Å². The maximum absolute atomic E-state index is 12.2. The quantitative estimate of drug-likeness (QED) is 0.740. The number of aryl methyl sites for hydroxylation is 1. The van der Waals surface area contributed by atoms with Crippen LogP contribution in [0.2, 0.25) is 0 Å². The van der Waals surface area contributed by atoms with Crippen molar-refractivity contribution in [1.29, 1.82) is 0 Å². The van der Waals surface area contributed by atoms with Crippen LogP contribution in [-0.4, -0.2) is 33.6 Å². The molecule has 0 unspecified atom stereocenters. The van der Waals surface area contributed by atoms with Gasteiger partial charge in [0.25, 0.3) is 5.91 Å². The lowest BCUT2D eigenvalue weighted by molar-refractivity contribution is 0.0607. The number of amides is 1. The van der Waals surface area contributed by atoms with Crippen molar-refractivity contribution in [3.05, 3.63) is 33.8 Å². The molecule has 3 aromatic rings. The van der Waals surface area contributed by atoms with Crippen molar-refractivity contribution in [2.75, 3.05) is 12.4 Å². The Morgan fingerprint density at radius 3 is 2.86 bits per heavy atom. The number of carbonyl (C=O) groups excluding carboxylic acids is 2. The molecule has 22 heavy (non-hydrogen) atoms. The summed E-state index contributed by atoms with van der Waals surface area (Å²) in [7, 11) is 1.29. The normalized spacial score (nSPS) is 10.6. The Bertz CT molecular complexity index is 858. The monoisotopic (exact) mass is 334 g/mol. The molecule has 0 aliphatic heterocycles. The van der Waals surface area contributed by atoms with Crippen LogP contribution >= 0.6 is 22.9 Å². The minimum absolute atomic E-state index is 0.196. The zero-order valence-electron chi connectivity index (χ0n) is 11.6. The first-order chi connectivity index (χ1) is 10.6. The topological polar surface area (TPSA) is 94.1 Å². The van der Waals surface area contributed by atoms with E-state index in [-0.39, 0.29) is 5.69 Å². The lowest BCUT2D eigenvalue weighted by atomic mass is 10.1. The Morgan fingerprint density at radius 1 is 1.36 bits per heavy atom. The van der Waals surface area contributed by atoms with Crippen LogP contribution < -0.4 is 5.32 Å². The molecule has 7 nitrogen and oxygen atoms in total. The molecule has 0 spiro atoms. The molecule has 3 heterocycles. The lowest BCUT2D eigenvalue weighted by Crippen LogP contribution is -2.14. The molecule has 0 aliphatic carbocycles. The number of hydrogen-bond acceptors (Lipinski definition) is 8. The first-order valence-electron chi connectivity index (χ1n) is 6.16. The van der Waals surface area contributed by atoms with Gasteiger partial charge in [-0.2, -0.15) is 0 Å². The number of esters is 1. The number of pyridine rings is 1. The maximum Gasteiger partial charge on any atom is 0.350 e. The van der Waals surface area contributed by atoms with E-state index in [0.717, 1.165) is 22.5 Å². The zero-order chi connectivity index (χ0) is 15.7. The number of ether oxygens (including phenoxy) is 1. The second-order valence-electron chi connectivity index (χ2n) is 4.35. The Kier molecular flexibility index (Phi) is 3.82. The van der Waals surface area contributed by atoms with Crippen molar-refractivity contribution >= 4 is 50.6 Å². The molecule has 0 saturated carbocycles. The van der Waals surface area contributed by atoms with Gasteiger partial charge in [0.2, 0.25) is 0 Å². The van der Waals surface area contributed by atoms with E-state index < -0.39 is 11.9 Å². The molecule has 0 radical (unpaired) electrons. The van der Waals surface area contributed by atoms with E-state index in [9.17, 15) is 9.59 Å². The van der Waals surface area contributed by atoms with Gasteiger partial charge in [-0.05, 0) is 30.1 Å². The number of methoxy groups -OCH3 is 1. The third kappa shape index (κ3) is 2.44. The van der Waals surface area contributed by atoms with Gasteiger partial charge in [0.05, 0.1) is 12.8 Å². The van der Waals surface area contributed by atoms with Gasteiger partial charge < -0.3 is 10.1 Å². The van der Waals surface area contributed by atoms with Crippen molar-refractivity contribution in [3.63, 3.8) is 0 Å². The number of thiophene rings is 1. The van der Waals surface area contributed by atoms with E-state index in [0.29, 0.717) is 15.4 Å².